The van der Waals surface area contributed by atoms with Crippen LogP contribution in [0.3, 0.4) is 0 Å². The molecule has 2 fully saturated rings. The number of carboxylic acids is 1. The highest BCUT2D eigenvalue weighted by molar-refractivity contribution is 7.89. The van der Waals surface area contributed by atoms with E-state index in [0.717, 1.165) is 50.5 Å². The molecule has 3 amide bonds. The minimum Gasteiger partial charge on any atom is -0.480 e. The number of carboxylic acid groups (broad SMARTS) is 1. The fourth-order valence-corrected chi connectivity index (χ4v) is 9.66. The van der Waals surface area contributed by atoms with Crippen molar-refractivity contribution in [3.05, 3.63) is 89.5 Å². The fraction of sp³-hybridized carbons (Fsp3) is 0.476. The molecule has 3 aromatic rings. The number of piperazine rings is 2. The molecule has 0 bridgehead atoms. The molecule has 2 saturated heterocycles. The van der Waals surface area contributed by atoms with E-state index < -0.39 is 126 Å². The van der Waals surface area contributed by atoms with Crippen LogP contribution in [0.5, 0.6) is 5.75 Å². The Morgan fingerprint density at radius 1 is 0.586 bits per heavy atom. The smallest absolute Gasteiger partial charge is 0.480 e. The summed E-state index contributed by atoms with van der Waals surface area (Å²) in [5.41, 5.74) is -3.45. The molecular weight excluding hydrogens is 1000 g/mol. The first-order valence-corrected chi connectivity index (χ1v) is 23.5. The van der Waals surface area contributed by atoms with E-state index in [9.17, 15) is 80.6 Å². The van der Waals surface area contributed by atoms with Crippen LogP contribution in [0, 0.1) is 0 Å². The molecule has 0 unspecified atom stereocenters. The lowest BCUT2D eigenvalue weighted by Crippen LogP contribution is -2.61. The van der Waals surface area contributed by atoms with Gasteiger partial charge in [-0.25, -0.2) is 26.4 Å². The van der Waals surface area contributed by atoms with Gasteiger partial charge in [0.05, 0.1) is 27.5 Å². The normalized spacial score (nSPS) is 18.0. The van der Waals surface area contributed by atoms with Gasteiger partial charge >= 0.3 is 36.9 Å². The number of carbonyl (C=O) groups excluding carboxylic acids is 3. The number of ether oxygens (including phenoxy) is 3. The Morgan fingerprint density at radius 2 is 0.957 bits per heavy atom. The van der Waals surface area contributed by atoms with Gasteiger partial charge in [-0.2, -0.15) is 35.0 Å². The Labute approximate surface area is 396 Å². The van der Waals surface area contributed by atoms with Crippen molar-refractivity contribution in [1.29, 1.82) is 0 Å². The van der Waals surface area contributed by atoms with Crippen LogP contribution in [-0.4, -0.2) is 133 Å². The molecule has 17 nitrogen and oxygen atoms in total. The molecule has 2 atom stereocenters. The average Bonchev–Trinajstić information content (AvgIpc) is 3.23. The van der Waals surface area contributed by atoms with E-state index in [1.807, 2.05) is 0 Å². The van der Waals surface area contributed by atoms with Crippen molar-refractivity contribution >= 4 is 44.1 Å². The monoisotopic (exact) mass is 1050 g/mol. The van der Waals surface area contributed by atoms with Crippen LogP contribution in [0.1, 0.15) is 58.2 Å². The first-order chi connectivity index (χ1) is 31.9. The van der Waals surface area contributed by atoms with Crippen molar-refractivity contribution in [1.82, 2.24) is 23.7 Å². The summed E-state index contributed by atoms with van der Waals surface area (Å²) in [5.74, 6) is -2.83. The zero-order valence-corrected chi connectivity index (χ0v) is 39.6. The Kier molecular flexibility index (Phi) is 17.2. The lowest BCUT2D eigenvalue weighted by molar-refractivity contribution is -0.274. The van der Waals surface area contributed by atoms with E-state index in [1.165, 1.54) is 12.1 Å². The number of benzene rings is 3. The van der Waals surface area contributed by atoms with Gasteiger partial charge in [0.25, 0.3) is 0 Å². The molecular formula is C42H48F9N5O12S2. The van der Waals surface area contributed by atoms with Crippen LogP contribution < -0.4 is 10.1 Å². The van der Waals surface area contributed by atoms with E-state index in [-0.39, 0.29) is 32.7 Å². The van der Waals surface area contributed by atoms with Gasteiger partial charge in [0.2, 0.25) is 26.0 Å². The standard InChI is InChI=1S/C25H27F6N3O6S.C17H21F3N2O6S/c1-23(2,3)40-22(36)33-12-13-34(41(37,38)19-10-6-17(7-11-19)24(26,27)28)20(15-33)21(35)32-14-16-4-8-18(9-5-16)39-25(29,30)31;1-16(2,3)28-15(25)21-8-9-22(13(10-21)14(23)24)29(26,27)12-6-4-11(5-7-12)17(18,19)20/h4-11,20H,12-15H2,1-3H3,(H,32,35);4-7,13H,8-10H2,1-3H3,(H,23,24)/t20-;13-/m11/s1. The topological polar surface area (TPSA) is 209 Å². The Hall–Kier alpha value is -5.87. The van der Waals surface area contributed by atoms with Gasteiger partial charge in [0.1, 0.15) is 29.0 Å². The molecule has 28 heteroatoms. The fourth-order valence-electron chi connectivity index (χ4n) is 6.53. The molecule has 2 heterocycles. The number of aliphatic carboxylic acids is 1. The first kappa shape index (κ1) is 56.7. The molecule has 0 radical (unpaired) electrons. The third-order valence-electron chi connectivity index (χ3n) is 9.75. The summed E-state index contributed by atoms with van der Waals surface area (Å²) in [6.07, 6.45) is -15.8. The SMILES string of the molecule is CC(C)(C)OC(=O)N1CCN(S(=O)(=O)c2ccc(C(F)(F)F)cc2)[C@@H](C(=O)NCc2ccc(OC(F)(F)F)cc2)C1.CC(C)(C)OC(=O)N1CCN(S(=O)(=O)c2ccc(C(F)(F)F)cc2)[C@@H](C(=O)O)C1. The summed E-state index contributed by atoms with van der Waals surface area (Å²) >= 11 is 0. The summed E-state index contributed by atoms with van der Waals surface area (Å²) < 4.78 is 182. The third-order valence-corrected chi connectivity index (χ3v) is 13.6. The number of alkyl halides is 9. The van der Waals surface area contributed by atoms with Gasteiger partial charge in [-0.05, 0) is 108 Å². The van der Waals surface area contributed by atoms with Crippen LogP contribution in [0.4, 0.5) is 49.1 Å². The Morgan fingerprint density at radius 3 is 1.30 bits per heavy atom. The Bertz CT molecular complexity index is 2570. The number of nitrogens with zero attached hydrogens (tertiary/aromatic N) is 4. The predicted octanol–water partition coefficient (Wildman–Crippen LogP) is 6.93. The van der Waals surface area contributed by atoms with Gasteiger partial charge in [0, 0.05) is 39.3 Å². The molecule has 0 aliphatic carbocycles. The van der Waals surface area contributed by atoms with Gasteiger partial charge in [-0.15, -0.1) is 13.2 Å². The van der Waals surface area contributed by atoms with Crippen molar-refractivity contribution in [2.24, 2.45) is 0 Å². The number of halogens is 9. The van der Waals surface area contributed by atoms with Crippen molar-refractivity contribution < 1.29 is 94.8 Å². The predicted molar refractivity (Wildman–Crippen MR) is 226 cm³/mol. The van der Waals surface area contributed by atoms with Gasteiger partial charge < -0.3 is 34.4 Å². The van der Waals surface area contributed by atoms with Crippen LogP contribution in [0.25, 0.3) is 0 Å². The molecule has 2 aliphatic rings. The molecule has 2 aliphatic heterocycles. The second-order valence-electron chi connectivity index (χ2n) is 17.4. The van der Waals surface area contributed by atoms with Crippen LogP contribution in [0.2, 0.25) is 0 Å². The van der Waals surface area contributed by atoms with Gasteiger partial charge in [0.15, 0.2) is 0 Å². The van der Waals surface area contributed by atoms with E-state index in [1.54, 1.807) is 41.5 Å². The first-order valence-electron chi connectivity index (χ1n) is 20.6. The minimum atomic E-state index is -4.89. The maximum atomic E-state index is 13.4. The molecule has 388 valence electrons. The summed E-state index contributed by atoms with van der Waals surface area (Å²) in [4.78, 5) is 51.0. The van der Waals surface area contributed by atoms with Crippen LogP contribution in [-0.2, 0) is 58.0 Å². The summed E-state index contributed by atoms with van der Waals surface area (Å²) in [6, 6.07) is 6.99. The molecule has 0 spiro atoms. The van der Waals surface area contributed by atoms with Crippen molar-refractivity contribution in [3.8, 4) is 5.75 Å². The highest BCUT2D eigenvalue weighted by Crippen LogP contribution is 2.33. The van der Waals surface area contributed by atoms with Crippen molar-refractivity contribution in [2.45, 2.75) is 99.9 Å². The van der Waals surface area contributed by atoms with Gasteiger partial charge in [-0.1, -0.05) is 12.1 Å². The number of sulfonamides is 2. The Balaban J connectivity index is 0.000000323. The number of nitrogens with one attached hydrogen (secondary N) is 1. The number of carbonyl (C=O) groups is 4. The van der Waals surface area contributed by atoms with Gasteiger partial charge in [-0.3, -0.25) is 9.59 Å². The zero-order chi connectivity index (χ0) is 53.0. The molecule has 2 N–H and O–H groups in total. The van der Waals surface area contributed by atoms with Crippen LogP contribution >= 0.6 is 0 Å². The lowest BCUT2D eigenvalue weighted by atomic mass is 10.1. The number of amides is 3. The second kappa shape index (κ2) is 21.2. The average molecular weight is 1050 g/mol. The van der Waals surface area contributed by atoms with E-state index >= 15 is 0 Å². The number of hydrogen-bond donors (Lipinski definition) is 2. The molecule has 3 aromatic carbocycles. The summed E-state index contributed by atoms with van der Waals surface area (Å²) in [7, 11) is -8.90. The van der Waals surface area contributed by atoms with E-state index in [2.05, 4.69) is 10.1 Å². The highest BCUT2D eigenvalue weighted by Gasteiger charge is 2.44. The quantitative estimate of drug-likeness (QED) is 0.209. The lowest BCUT2D eigenvalue weighted by Gasteiger charge is -2.39. The molecule has 0 aromatic heterocycles. The van der Waals surface area contributed by atoms with Crippen molar-refractivity contribution in [2.75, 3.05) is 39.3 Å². The number of hydrogen-bond acceptors (Lipinski definition) is 11. The highest BCUT2D eigenvalue weighted by atomic mass is 32.2. The zero-order valence-electron chi connectivity index (χ0n) is 38.0. The third kappa shape index (κ3) is 15.6. The summed E-state index contributed by atoms with van der Waals surface area (Å²) in [6.45, 7) is 7.62. The summed E-state index contributed by atoms with van der Waals surface area (Å²) in [5, 5.41) is 12.0. The minimum absolute atomic E-state index is 0.126. The molecule has 0 saturated carbocycles. The molecule has 5 rings (SSSR count). The van der Waals surface area contributed by atoms with Crippen molar-refractivity contribution in [3.63, 3.8) is 0 Å². The second-order valence-corrected chi connectivity index (χ2v) is 21.2. The largest absolute Gasteiger partial charge is 0.573 e. The maximum absolute atomic E-state index is 13.4. The van der Waals surface area contributed by atoms with E-state index in [4.69, 9.17) is 9.47 Å². The molecule has 70 heavy (non-hydrogen) atoms. The van der Waals surface area contributed by atoms with E-state index in [0.29, 0.717) is 34.1 Å². The van der Waals surface area contributed by atoms with Crippen LogP contribution in [0.15, 0.2) is 82.6 Å². The number of rotatable bonds is 9. The maximum Gasteiger partial charge on any atom is 0.573 e.